The first-order valence-electron chi connectivity index (χ1n) is 7.31. The third-order valence-electron chi connectivity index (χ3n) is 3.54. The first kappa shape index (κ1) is 14.8. The van der Waals surface area contributed by atoms with Gasteiger partial charge in [0.25, 0.3) is 5.91 Å². The molecule has 5 nitrogen and oxygen atoms in total. The van der Waals surface area contributed by atoms with Crippen molar-refractivity contribution >= 4 is 11.6 Å². The average Bonchev–Trinajstić information content (AvgIpc) is 2.98. The number of hydrogen-bond acceptors (Lipinski definition) is 4. The summed E-state index contributed by atoms with van der Waals surface area (Å²) in [6.45, 7) is 5.67. The van der Waals surface area contributed by atoms with Crippen LogP contribution in [0.1, 0.15) is 43.6 Å². The zero-order valence-corrected chi connectivity index (χ0v) is 12.2. The minimum Gasteiger partial charge on any atom is -0.381 e. The molecule has 0 saturated carbocycles. The molecular formula is C15H23N3O2. The lowest BCUT2D eigenvalue weighted by Gasteiger charge is -2.13. The molecule has 1 fully saturated rings. The number of amides is 1. The van der Waals surface area contributed by atoms with Crippen molar-refractivity contribution in [3.05, 3.63) is 24.0 Å². The molecule has 110 valence electrons. The summed E-state index contributed by atoms with van der Waals surface area (Å²) in [6.07, 6.45) is 5.14. The van der Waals surface area contributed by atoms with Crippen LogP contribution >= 0.6 is 0 Å². The van der Waals surface area contributed by atoms with E-state index < -0.39 is 0 Å². The summed E-state index contributed by atoms with van der Waals surface area (Å²) in [5, 5.41) is 6.19. The molecule has 0 radical (unpaired) electrons. The van der Waals surface area contributed by atoms with Crippen LogP contribution in [0.3, 0.4) is 0 Å². The van der Waals surface area contributed by atoms with Gasteiger partial charge in [0.2, 0.25) is 0 Å². The highest BCUT2D eigenvalue weighted by Gasteiger charge is 2.15. The summed E-state index contributed by atoms with van der Waals surface area (Å²) < 4.78 is 5.55. The third-order valence-corrected chi connectivity index (χ3v) is 3.54. The van der Waals surface area contributed by atoms with E-state index in [0.29, 0.717) is 11.8 Å². The molecule has 0 aliphatic carbocycles. The second-order valence-electron chi connectivity index (χ2n) is 5.23. The van der Waals surface area contributed by atoms with Crippen LogP contribution in [0.15, 0.2) is 18.3 Å². The van der Waals surface area contributed by atoms with Crippen LogP contribution in [0.4, 0.5) is 5.69 Å². The number of anilines is 1. The van der Waals surface area contributed by atoms with Crippen LogP contribution in [-0.2, 0) is 4.74 Å². The molecule has 5 heteroatoms. The van der Waals surface area contributed by atoms with Crippen LogP contribution in [0.25, 0.3) is 0 Å². The number of rotatable bonds is 6. The maximum absolute atomic E-state index is 11.9. The molecular weight excluding hydrogens is 254 g/mol. The van der Waals surface area contributed by atoms with Gasteiger partial charge in [-0.2, -0.15) is 0 Å². The van der Waals surface area contributed by atoms with Gasteiger partial charge < -0.3 is 15.4 Å². The molecule has 0 aromatic carbocycles. The largest absolute Gasteiger partial charge is 0.381 e. The molecule has 1 aromatic heterocycles. The van der Waals surface area contributed by atoms with Crippen LogP contribution in [0.2, 0.25) is 0 Å². The number of ether oxygens (including phenoxy) is 1. The highest BCUT2D eigenvalue weighted by molar-refractivity contribution is 5.92. The predicted octanol–water partition coefficient (Wildman–Crippen LogP) is 2.20. The van der Waals surface area contributed by atoms with Gasteiger partial charge in [-0.1, -0.05) is 6.92 Å². The Morgan fingerprint density at radius 1 is 1.55 bits per heavy atom. The molecule has 1 aromatic rings. The molecule has 2 N–H and O–H groups in total. The summed E-state index contributed by atoms with van der Waals surface area (Å²) in [5.41, 5.74) is 1.37. The van der Waals surface area contributed by atoms with Gasteiger partial charge in [0.1, 0.15) is 5.69 Å². The summed E-state index contributed by atoms with van der Waals surface area (Å²) >= 11 is 0. The summed E-state index contributed by atoms with van der Waals surface area (Å²) in [4.78, 5) is 16.1. The molecule has 1 aliphatic heterocycles. The van der Waals surface area contributed by atoms with E-state index in [1.54, 1.807) is 12.3 Å². The Bertz CT molecular complexity index is 427. The SMILES string of the molecule is CCC(C)NC(=O)c1ccc(NCC2CCCO2)cn1. The van der Waals surface area contributed by atoms with Crippen LogP contribution in [0, 0.1) is 0 Å². The first-order valence-corrected chi connectivity index (χ1v) is 7.31. The van der Waals surface area contributed by atoms with E-state index in [1.807, 2.05) is 19.9 Å². The zero-order valence-electron chi connectivity index (χ0n) is 12.2. The number of carbonyl (C=O) groups is 1. The van der Waals surface area contributed by atoms with Gasteiger partial charge in [0.05, 0.1) is 18.0 Å². The Morgan fingerprint density at radius 2 is 2.40 bits per heavy atom. The van der Waals surface area contributed by atoms with Crippen LogP contribution < -0.4 is 10.6 Å². The highest BCUT2D eigenvalue weighted by atomic mass is 16.5. The zero-order chi connectivity index (χ0) is 14.4. The standard InChI is InChI=1S/C15H23N3O2/c1-3-11(2)18-15(19)14-7-6-12(9-17-14)16-10-13-5-4-8-20-13/h6-7,9,11,13,16H,3-5,8,10H2,1-2H3,(H,18,19). The third kappa shape index (κ3) is 4.20. The van der Waals surface area contributed by atoms with E-state index in [2.05, 4.69) is 15.6 Å². The fourth-order valence-electron chi connectivity index (χ4n) is 2.07. The number of nitrogens with one attached hydrogen (secondary N) is 2. The quantitative estimate of drug-likeness (QED) is 0.836. The van der Waals surface area contributed by atoms with E-state index in [4.69, 9.17) is 4.74 Å². The molecule has 2 atom stereocenters. The second kappa shape index (κ2) is 7.24. The van der Waals surface area contributed by atoms with Crippen molar-refractivity contribution in [1.82, 2.24) is 10.3 Å². The van der Waals surface area contributed by atoms with Crippen molar-refractivity contribution < 1.29 is 9.53 Å². The molecule has 2 unspecified atom stereocenters. The fourth-order valence-corrected chi connectivity index (χ4v) is 2.07. The predicted molar refractivity (Wildman–Crippen MR) is 78.9 cm³/mol. The van der Waals surface area contributed by atoms with Gasteiger partial charge in [-0.25, -0.2) is 4.98 Å². The monoisotopic (exact) mass is 277 g/mol. The van der Waals surface area contributed by atoms with Crippen LogP contribution in [-0.4, -0.2) is 36.2 Å². The van der Waals surface area contributed by atoms with Crippen molar-refractivity contribution in [2.75, 3.05) is 18.5 Å². The highest BCUT2D eigenvalue weighted by Crippen LogP contribution is 2.13. The minimum absolute atomic E-state index is 0.120. The Hall–Kier alpha value is -1.62. The van der Waals surface area contributed by atoms with Gasteiger partial charge in [0.15, 0.2) is 0 Å². The van der Waals surface area contributed by atoms with E-state index in [1.165, 1.54) is 0 Å². The summed E-state index contributed by atoms with van der Waals surface area (Å²) in [6, 6.07) is 3.80. The molecule has 1 saturated heterocycles. The molecule has 2 rings (SSSR count). The van der Waals surface area contributed by atoms with Crippen LogP contribution in [0.5, 0.6) is 0 Å². The number of nitrogens with zero attached hydrogens (tertiary/aromatic N) is 1. The van der Waals surface area contributed by atoms with Crippen molar-refractivity contribution in [2.24, 2.45) is 0 Å². The maximum Gasteiger partial charge on any atom is 0.270 e. The van der Waals surface area contributed by atoms with E-state index in [-0.39, 0.29) is 11.9 Å². The van der Waals surface area contributed by atoms with Gasteiger partial charge in [-0.05, 0) is 38.3 Å². The van der Waals surface area contributed by atoms with Gasteiger partial charge in [-0.3, -0.25) is 4.79 Å². The fraction of sp³-hybridized carbons (Fsp3) is 0.600. The van der Waals surface area contributed by atoms with Crippen molar-refractivity contribution in [3.63, 3.8) is 0 Å². The maximum atomic E-state index is 11.9. The summed E-state index contributed by atoms with van der Waals surface area (Å²) in [7, 11) is 0. The van der Waals surface area contributed by atoms with E-state index >= 15 is 0 Å². The molecule has 0 spiro atoms. The Morgan fingerprint density at radius 3 is 3.00 bits per heavy atom. The van der Waals surface area contributed by atoms with Crippen molar-refractivity contribution in [2.45, 2.75) is 45.3 Å². The molecule has 1 aliphatic rings. The Labute approximate surface area is 120 Å². The number of hydrogen-bond donors (Lipinski definition) is 2. The molecule has 2 heterocycles. The topological polar surface area (TPSA) is 63.2 Å². The second-order valence-corrected chi connectivity index (χ2v) is 5.23. The lowest BCUT2D eigenvalue weighted by Crippen LogP contribution is -2.32. The smallest absolute Gasteiger partial charge is 0.270 e. The molecule has 1 amide bonds. The van der Waals surface area contributed by atoms with Crippen molar-refractivity contribution in [3.8, 4) is 0 Å². The van der Waals surface area contributed by atoms with E-state index in [0.717, 1.165) is 38.1 Å². The Kier molecular flexibility index (Phi) is 5.35. The van der Waals surface area contributed by atoms with Gasteiger partial charge in [0, 0.05) is 19.2 Å². The van der Waals surface area contributed by atoms with E-state index in [9.17, 15) is 4.79 Å². The lowest BCUT2D eigenvalue weighted by atomic mass is 10.2. The van der Waals surface area contributed by atoms with Gasteiger partial charge in [-0.15, -0.1) is 0 Å². The summed E-state index contributed by atoms with van der Waals surface area (Å²) in [5.74, 6) is -0.120. The lowest BCUT2D eigenvalue weighted by molar-refractivity contribution is 0.0934. The number of pyridine rings is 1. The van der Waals surface area contributed by atoms with Crippen molar-refractivity contribution in [1.29, 1.82) is 0 Å². The minimum atomic E-state index is -0.120. The van der Waals surface area contributed by atoms with Gasteiger partial charge >= 0.3 is 0 Å². The Balaban J connectivity index is 1.84. The molecule has 0 bridgehead atoms. The first-order chi connectivity index (χ1) is 9.69. The number of carbonyl (C=O) groups excluding carboxylic acids is 1. The number of aromatic nitrogens is 1. The normalized spacial score (nSPS) is 19.6. The molecule has 20 heavy (non-hydrogen) atoms. The average molecular weight is 277 g/mol.